The number of nitrogens with one attached hydrogen (secondary N) is 1. The summed E-state index contributed by atoms with van der Waals surface area (Å²) in [5.41, 5.74) is 0.582. The smallest absolute Gasteiger partial charge is 0.249 e. The normalized spacial score (nSPS) is 17.9. The molecule has 120 valence electrons. The molecule has 1 aliphatic rings. The van der Waals surface area contributed by atoms with Crippen molar-refractivity contribution in [2.75, 3.05) is 6.61 Å². The minimum Gasteiger partial charge on any atom is -0.368 e. The highest BCUT2D eigenvalue weighted by Crippen LogP contribution is 2.38. The van der Waals surface area contributed by atoms with Gasteiger partial charge in [-0.1, -0.05) is 31.1 Å². The van der Waals surface area contributed by atoms with Gasteiger partial charge in [0.05, 0.1) is 12.1 Å². The summed E-state index contributed by atoms with van der Waals surface area (Å²) in [5.74, 6) is -0.375. The fraction of sp³-hybridized carbons (Fsp3) is 0.500. The summed E-state index contributed by atoms with van der Waals surface area (Å²) >= 11 is 0. The van der Waals surface area contributed by atoms with Gasteiger partial charge in [0.1, 0.15) is 11.9 Å². The standard InChI is InChI=1S/C18H24FNO2/c1-3-4-13-22-14(2)17(21)20-18(11-5-6-12-18)15-7-9-16(19)10-8-15/h3,7-10,14H,1,4-6,11-13H2,2H3,(H,20,21). The van der Waals surface area contributed by atoms with Crippen LogP contribution in [0.2, 0.25) is 0 Å². The molecule has 2 rings (SSSR count). The van der Waals surface area contributed by atoms with E-state index in [1.807, 2.05) is 0 Å². The number of halogens is 1. The Kier molecular flexibility index (Phi) is 5.72. The number of ether oxygens (including phenoxy) is 1. The molecule has 0 spiro atoms. The molecule has 1 aliphatic carbocycles. The predicted molar refractivity (Wildman–Crippen MR) is 84.9 cm³/mol. The van der Waals surface area contributed by atoms with Crippen molar-refractivity contribution in [3.8, 4) is 0 Å². The van der Waals surface area contributed by atoms with Gasteiger partial charge in [0.25, 0.3) is 0 Å². The topological polar surface area (TPSA) is 38.3 Å². The molecule has 4 heteroatoms. The van der Waals surface area contributed by atoms with Crippen LogP contribution < -0.4 is 5.32 Å². The van der Waals surface area contributed by atoms with Crippen LogP contribution in [0.4, 0.5) is 4.39 Å². The van der Waals surface area contributed by atoms with Crippen molar-refractivity contribution in [2.45, 2.75) is 50.7 Å². The lowest BCUT2D eigenvalue weighted by Crippen LogP contribution is -2.48. The molecule has 1 amide bonds. The highest BCUT2D eigenvalue weighted by atomic mass is 19.1. The molecule has 1 N–H and O–H groups in total. The number of amides is 1. The first-order chi connectivity index (χ1) is 10.6. The van der Waals surface area contributed by atoms with Crippen molar-refractivity contribution in [2.24, 2.45) is 0 Å². The highest BCUT2D eigenvalue weighted by molar-refractivity contribution is 5.81. The molecule has 1 aromatic carbocycles. The molecule has 22 heavy (non-hydrogen) atoms. The van der Waals surface area contributed by atoms with Crippen molar-refractivity contribution in [3.05, 3.63) is 48.3 Å². The number of hydrogen-bond donors (Lipinski definition) is 1. The first-order valence-electron chi connectivity index (χ1n) is 7.88. The third-order valence-corrected chi connectivity index (χ3v) is 4.28. The Morgan fingerprint density at radius 2 is 2.05 bits per heavy atom. The molecule has 1 atom stereocenters. The predicted octanol–water partition coefficient (Wildman–Crippen LogP) is 3.69. The monoisotopic (exact) mass is 305 g/mol. The van der Waals surface area contributed by atoms with Gasteiger partial charge in [-0.05, 0) is 43.9 Å². The van der Waals surface area contributed by atoms with Gasteiger partial charge in [0, 0.05) is 0 Å². The maximum absolute atomic E-state index is 13.1. The zero-order chi connectivity index (χ0) is 16.0. The molecule has 1 saturated carbocycles. The Balaban J connectivity index is 2.06. The van der Waals surface area contributed by atoms with E-state index in [9.17, 15) is 9.18 Å². The molecule has 0 heterocycles. The van der Waals surface area contributed by atoms with Crippen LogP contribution >= 0.6 is 0 Å². The SMILES string of the molecule is C=CCCOC(C)C(=O)NC1(c2ccc(F)cc2)CCCC1. The van der Waals surface area contributed by atoms with E-state index in [4.69, 9.17) is 4.74 Å². The molecule has 1 unspecified atom stereocenters. The van der Waals surface area contributed by atoms with Crippen molar-refractivity contribution in [1.82, 2.24) is 5.32 Å². The number of carbonyl (C=O) groups is 1. The van der Waals surface area contributed by atoms with E-state index in [-0.39, 0.29) is 17.3 Å². The second-order valence-corrected chi connectivity index (χ2v) is 5.88. The van der Waals surface area contributed by atoms with E-state index in [1.165, 1.54) is 12.1 Å². The zero-order valence-corrected chi connectivity index (χ0v) is 13.1. The summed E-state index contributed by atoms with van der Waals surface area (Å²) in [7, 11) is 0. The summed E-state index contributed by atoms with van der Waals surface area (Å²) in [4.78, 5) is 12.4. The first-order valence-corrected chi connectivity index (χ1v) is 7.88. The van der Waals surface area contributed by atoms with Gasteiger partial charge in [-0.15, -0.1) is 6.58 Å². The Morgan fingerprint density at radius 1 is 1.41 bits per heavy atom. The average Bonchev–Trinajstić information content (AvgIpc) is 2.97. The van der Waals surface area contributed by atoms with E-state index >= 15 is 0 Å². The van der Waals surface area contributed by atoms with E-state index in [0.29, 0.717) is 6.61 Å². The largest absolute Gasteiger partial charge is 0.368 e. The summed E-state index contributed by atoms with van der Waals surface area (Å²) in [6.45, 7) is 5.88. The van der Waals surface area contributed by atoms with Gasteiger partial charge in [-0.25, -0.2) is 4.39 Å². The van der Waals surface area contributed by atoms with E-state index < -0.39 is 6.10 Å². The van der Waals surface area contributed by atoms with Crippen LogP contribution in [-0.2, 0) is 15.1 Å². The van der Waals surface area contributed by atoms with E-state index in [1.54, 1.807) is 25.1 Å². The number of benzene rings is 1. The van der Waals surface area contributed by atoms with Gasteiger partial charge in [0.15, 0.2) is 0 Å². The van der Waals surface area contributed by atoms with Crippen LogP contribution in [0.5, 0.6) is 0 Å². The van der Waals surface area contributed by atoms with E-state index in [0.717, 1.165) is 37.7 Å². The number of carbonyl (C=O) groups excluding carboxylic acids is 1. The quantitative estimate of drug-likeness (QED) is 0.616. The minimum absolute atomic E-state index is 0.115. The zero-order valence-electron chi connectivity index (χ0n) is 13.1. The fourth-order valence-corrected chi connectivity index (χ4v) is 2.97. The second-order valence-electron chi connectivity index (χ2n) is 5.88. The van der Waals surface area contributed by atoms with Crippen LogP contribution in [0, 0.1) is 5.82 Å². The molecule has 0 bridgehead atoms. The third kappa shape index (κ3) is 3.95. The number of hydrogen-bond acceptors (Lipinski definition) is 2. The van der Waals surface area contributed by atoms with Gasteiger partial charge in [-0.2, -0.15) is 0 Å². The molecule has 3 nitrogen and oxygen atoms in total. The second kappa shape index (κ2) is 7.54. The molecular weight excluding hydrogens is 281 g/mol. The van der Waals surface area contributed by atoms with Gasteiger partial charge in [-0.3, -0.25) is 4.79 Å². The maximum atomic E-state index is 13.1. The Labute approximate surface area is 131 Å². The Hall–Kier alpha value is -1.68. The lowest BCUT2D eigenvalue weighted by molar-refractivity contribution is -0.133. The summed E-state index contributed by atoms with van der Waals surface area (Å²) in [6.07, 6.45) is 5.86. The van der Waals surface area contributed by atoms with Crippen LogP contribution in [0.25, 0.3) is 0 Å². The Bertz CT molecular complexity index is 506. The summed E-state index contributed by atoms with van der Waals surface area (Å²) < 4.78 is 18.7. The first kappa shape index (κ1) is 16.7. The van der Waals surface area contributed by atoms with Crippen molar-refractivity contribution in [1.29, 1.82) is 0 Å². The third-order valence-electron chi connectivity index (χ3n) is 4.28. The van der Waals surface area contributed by atoms with Gasteiger partial charge in [0.2, 0.25) is 5.91 Å². The van der Waals surface area contributed by atoms with Crippen LogP contribution in [0.1, 0.15) is 44.6 Å². The van der Waals surface area contributed by atoms with Crippen LogP contribution in [-0.4, -0.2) is 18.6 Å². The molecule has 1 aromatic rings. The molecule has 0 radical (unpaired) electrons. The van der Waals surface area contributed by atoms with E-state index in [2.05, 4.69) is 11.9 Å². The highest BCUT2D eigenvalue weighted by Gasteiger charge is 2.37. The van der Waals surface area contributed by atoms with Gasteiger partial charge < -0.3 is 10.1 Å². The maximum Gasteiger partial charge on any atom is 0.249 e. The van der Waals surface area contributed by atoms with Crippen molar-refractivity contribution >= 4 is 5.91 Å². The molecule has 0 saturated heterocycles. The number of rotatable bonds is 7. The molecule has 0 aliphatic heterocycles. The lowest BCUT2D eigenvalue weighted by atomic mass is 9.88. The minimum atomic E-state index is -0.502. The van der Waals surface area contributed by atoms with Gasteiger partial charge >= 0.3 is 0 Å². The Morgan fingerprint density at radius 3 is 2.64 bits per heavy atom. The molecular formula is C18H24FNO2. The molecule has 1 fully saturated rings. The molecule has 0 aromatic heterocycles. The van der Waals surface area contributed by atoms with Crippen LogP contribution in [0.3, 0.4) is 0 Å². The van der Waals surface area contributed by atoms with Crippen molar-refractivity contribution in [3.63, 3.8) is 0 Å². The fourth-order valence-electron chi connectivity index (χ4n) is 2.97. The lowest BCUT2D eigenvalue weighted by Gasteiger charge is -2.32. The average molecular weight is 305 g/mol. The summed E-state index contributed by atoms with van der Waals surface area (Å²) in [6, 6.07) is 6.44. The van der Waals surface area contributed by atoms with Crippen molar-refractivity contribution < 1.29 is 13.9 Å². The summed E-state index contributed by atoms with van der Waals surface area (Å²) in [5, 5.41) is 3.14. The van der Waals surface area contributed by atoms with Crippen LogP contribution in [0.15, 0.2) is 36.9 Å².